The number of carbonyl (C=O) groups excluding carboxylic acids is 1. The monoisotopic (exact) mass is 392 g/mol. The normalized spacial score (nSPS) is 12.2. The van der Waals surface area contributed by atoms with E-state index in [9.17, 15) is 9.59 Å². The van der Waals surface area contributed by atoms with Crippen LogP contribution in [0.5, 0.6) is 0 Å². The number of nitrogens with zero attached hydrogens (tertiary/aromatic N) is 2. The minimum Gasteiger partial charge on any atom is -0.467 e. The zero-order chi connectivity index (χ0) is 21.0. The van der Waals surface area contributed by atoms with Crippen LogP contribution in [0.3, 0.4) is 0 Å². The molecule has 0 aliphatic rings. The summed E-state index contributed by atoms with van der Waals surface area (Å²) in [5.74, 6) is 0.709. The zero-order valence-electron chi connectivity index (χ0n) is 17.5. The number of pyridine rings is 1. The molecule has 0 fully saturated rings. The fourth-order valence-electron chi connectivity index (χ4n) is 3.51. The van der Waals surface area contributed by atoms with Crippen molar-refractivity contribution in [2.45, 2.75) is 40.3 Å². The Labute approximate surface area is 171 Å². The van der Waals surface area contributed by atoms with Crippen molar-refractivity contribution in [2.24, 2.45) is 5.92 Å². The Balaban J connectivity index is 1.99. The molecule has 2 aromatic heterocycles. The van der Waals surface area contributed by atoms with Crippen molar-refractivity contribution >= 4 is 5.91 Å². The Hall–Kier alpha value is -3.08. The quantitative estimate of drug-likeness (QED) is 0.588. The van der Waals surface area contributed by atoms with Crippen molar-refractivity contribution in [1.82, 2.24) is 9.47 Å². The molecule has 0 aliphatic heterocycles. The highest BCUT2D eigenvalue weighted by Gasteiger charge is 2.25. The van der Waals surface area contributed by atoms with E-state index in [1.165, 1.54) is 0 Å². The van der Waals surface area contributed by atoms with E-state index in [0.29, 0.717) is 24.4 Å². The van der Waals surface area contributed by atoms with Crippen molar-refractivity contribution in [1.29, 1.82) is 0 Å². The van der Waals surface area contributed by atoms with E-state index in [0.717, 1.165) is 5.56 Å². The van der Waals surface area contributed by atoms with Crippen LogP contribution in [0.4, 0.5) is 0 Å². The summed E-state index contributed by atoms with van der Waals surface area (Å²) in [5.41, 5.74) is 1.67. The number of hydrogen-bond acceptors (Lipinski definition) is 3. The third-order valence-corrected chi connectivity index (χ3v) is 5.04. The molecule has 1 aromatic carbocycles. The molecule has 0 saturated heterocycles. The Bertz CT molecular complexity index is 1000. The first-order valence-corrected chi connectivity index (χ1v) is 9.96. The molecule has 0 bridgehead atoms. The second-order valence-corrected chi connectivity index (χ2v) is 7.83. The molecule has 1 unspecified atom stereocenters. The van der Waals surface area contributed by atoms with Crippen LogP contribution in [0.1, 0.15) is 54.1 Å². The average Bonchev–Trinajstić information content (AvgIpc) is 3.20. The first-order chi connectivity index (χ1) is 13.9. The number of amides is 1. The summed E-state index contributed by atoms with van der Waals surface area (Å²) >= 11 is 0. The third kappa shape index (κ3) is 4.67. The Morgan fingerprint density at radius 1 is 1.07 bits per heavy atom. The van der Waals surface area contributed by atoms with Crippen LogP contribution >= 0.6 is 0 Å². The summed E-state index contributed by atoms with van der Waals surface area (Å²) in [6, 6.07) is 15.1. The van der Waals surface area contributed by atoms with Gasteiger partial charge in [0, 0.05) is 12.7 Å². The Morgan fingerprint density at radius 2 is 1.79 bits per heavy atom. The number of benzene rings is 1. The van der Waals surface area contributed by atoms with Gasteiger partial charge in [0.25, 0.3) is 11.5 Å². The lowest BCUT2D eigenvalue weighted by atomic mass is 10.1. The fraction of sp³-hybridized carbons (Fsp3) is 0.333. The van der Waals surface area contributed by atoms with Crippen molar-refractivity contribution in [3.05, 3.63) is 93.8 Å². The third-order valence-electron chi connectivity index (χ3n) is 5.04. The molecule has 3 aromatic rings. The Kier molecular flexibility index (Phi) is 6.37. The van der Waals surface area contributed by atoms with Crippen LogP contribution in [-0.4, -0.2) is 21.9 Å². The molecule has 5 heteroatoms. The molecule has 5 nitrogen and oxygen atoms in total. The molecule has 1 atom stereocenters. The second-order valence-electron chi connectivity index (χ2n) is 7.83. The second kappa shape index (κ2) is 8.95. The molecule has 29 heavy (non-hydrogen) atoms. The topological polar surface area (TPSA) is 55.5 Å². The van der Waals surface area contributed by atoms with Crippen molar-refractivity contribution in [3.8, 4) is 0 Å². The average molecular weight is 392 g/mol. The summed E-state index contributed by atoms with van der Waals surface area (Å²) < 4.78 is 7.07. The van der Waals surface area contributed by atoms with E-state index in [1.807, 2.05) is 56.3 Å². The minimum atomic E-state index is -0.264. The standard InChI is InChI=1S/C24H28N2O3/c1-17(2)15-25(16-21-11-8-14-29-21)23(27)22-18(3)12-13-26(24(22)28)19(4)20-9-6-5-7-10-20/h5-14,17,19H,15-16H2,1-4H3. The van der Waals surface area contributed by atoms with Gasteiger partial charge in [0.2, 0.25) is 0 Å². The van der Waals surface area contributed by atoms with Crippen molar-refractivity contribution in [3.63, 3.8) is 0 Å². The smallest absolute Gasteiger partial charge is 0.264 e. The lowest BCUT2D eigenvalue weighted by molar-refractivity contribution is 0.0706. The lowest BCUT2D eigenvalue weighted by Crippen LogP contribution is -2.39. The van der Waals surface area contributed by atoms with Crippen LogP contribution in [0, 0.1) is 12.8 Å². The maximum Gasteiger partial charge on any atom is 0.264 e. The molecule has 0 aliphatic carbocycles. The van der Waals surface area contributed by atoms with Gasteiger partial charge >= 0.3 is 0 Å². The maximum atomic E-state index is 13.4. The van der Waals surface area contributed by atoms with E-state index >= 15 is 0 Å². The van der Waals surface area contributed by atoms with Gasteiger partial charge in [-0.1, -0.05) is 44.2 Å². The SMILES string of the molecule is Cc1ccn(C(C)c2ccccc2)c(=O)c1C(=O)N(Cc1ccco1)CC(C)C. The van der Waals surface area contributed by atoms with E-state index in [-0.39, 0.29) is 29.0 Å². The molecule has 0 N–H and O–H groups in total. The first-order valence-electron chi connectivity index (χ1n) is 9.96. The maximum absolute atomic E-state index is 13.4. The molecular formula is C24H28N2O3. The van der Waals surface area contributed by atoms with Gasteiger partial charge in [-0.15, -0.1) is 0 Å². The summed E-state index contributed by atoms with van der Waals surface area (Å²) in [7, 11) is 0. The van der Waals surface area contributed by atoms with Gasteiger partial charge in [0.05, 0.1) is 18.8 Å². The number of rotatable bonds is 7. The Morgan fingerprint density at radius 3 is 2.41 bits per heavy atom. The molecule has 2 heterocycles. The van der Waals surface area contributed by atoms with E-state index in [1.54, 1.807) is 28.0 Å². The molecule has 0 radical (unpaired) electrons. The predicted octanol–water partition coefficient (Wildman–Crippen LogP) is 4.66. The first kappa shape index (κ1) is 20.6. The number of aromatic nitrogens is 1. The largest absolute Gasteiger partial charge is 0.467 e. The zero-order valence-corrected chi connectivity index (χ0v) is 17.5. The summed E-state index contributed by atoms with van der Waals surface area (Å²) in [5, 5.41) is 0. The predicted molar refractivity (Wildman–Crippen MR) is 114 cm³/mol. The number of hydrogen-bond donors (Lipinski definition) is 0. The van der Waals surface area contributed by atoms with E-state index in [2.05, 4.69) is 13.8 Å². The van der Waals surface area contributed by atoms with Gasteiger partial charge < -0.3 is 13.9 Å². The highest BCUT2D eigenvalue weighted by molar-refractivity contribution is 5.95. The minimum absolute atomic E-state index is 0.167. The van der Waals surface area contributed by atoms with E-state index < -0.39 is 0 Å². The summed E-state index contributed by atoms with van der Waals surface area (Å²) in [6.07, 6.45) is 3.36. The number of furan rings is 1. The number of aryl methyl sites for hydroxylation is 1. The lowest BCUT2D eigenvalue weighted by Gasteiger charge is -2.25. The van der Waals surface area contributed by atoms with Gasteiger partial charge in [-0.05, 0) is 49.1 Å². The fourth-order valence-corrected chi connectivity index (χ4v) is 3.51. The highest BCUT2D eigenvalue weighted by Crippen LogP contribution is 2.18. The number of carbonyl (C=O) groups is 1. The highest BCUT2D eigenvalue weighted by atomic mass is 16.3. The van der Waals surface area contributed by atoms with Gasteiger partial charge in [0.15, 0.2) is 0 Å². The van der Waals surface area contributed by atoms with Gasteiger partial charge in [-0.2, -0.15) is 0 Å². The molecule has 0 spiro atoms. The van der Waals surface area contributed by atoms with Gasteiger partial charge in [0.1, 0.15) is 11.3 Å². The van der Waals surface area contributed by atoms with Gasteiger partial charge in [-0.25, -0.2) is 0 Å². The van der Waals surface area contributed by atoms with Crippen LogP contribution < -0.4 is 5.56 Å². The van der Waals surface area contributed by atoms with Crippen LogP contribution in [0.25, 0.3) is 0 Å². The van der Waals surface area contributed by atoms with E-state index in [4.69, 9.17) is 4.42 Å². The molecular weight excluding hydrogens is 364 g/mol. The van der Waals surface area contributed by atoms with Gasteiger partial charge in [-0.3, -0.25) is 9.59 Å². The van der Waals surface area contributed by atoms with Crippen LogP contribution in [0.15, 0.2) is 70.2 Å². The van der Waals surface area contributed by atoms with Crippen molar-refractivity contribution in [2.75, 3.05) is 6.54 Å². The molecule has 1 amide bonds. The van der Waals surface area contributed by atoms with Crippen LogP contribution in [0.2, 0.25) is 0 Å². The summed E-state index contributed by atoms with van der Waals surface area (Å²) in [4.78, 5) is 28.5. The summed E-state index contributed by atoms with van der Waals surface area (Å²) in [6.45, 7) is 8.77. The van der Waals surface area contributed by atoms with Crippen molar-refractivity contribution < 1.29 is 9.21 Å². The molecule has 152 valence electrons. The molecule has 3 rings (SSSR count). The van der Waals surface area contributed by atoms with Crippen LogP contribution in [-0.2, 0) is 6.54 Å². The molecule has 0 saturated carbocycles.